The molecule has 4 unspecified atom stereocenters. The van der Waals surface area contributed by atoms with Crippen LogP contribution in [0.4, 0.5) is 17.6 Å². The van der Waals surface area contributed by atoms with Gasteiger partial charge < -0.3 is 11.5 Å². The summed E-state index contributed by atoms with van der Waals surface area (Å²) in [6.45, 7) is 1.95. The lowest BCUT2D eigenvalue weighted by Gasteiger charge is -2.37. The van der Waals surface area contributed by atoms with Crippen molar-refractivity contribution in [2.75, 3.05) is 19.6 Å². The van der Waals surface area contributed by atoms with Gasteiger partial charge in [0, 0.05) is 37.2 Å². The minimum Gasteiger partial charge on any atom is -0.396 e. The topological polar surface area (TPSA) is 110 Å². The zero-order valence-corrected chi connectivity index (χ0v) is 16.5. The molecule has 3 aliphatic rings. The van der Waals surface area contributed by atoms with Crippen molar-refractivity contribution in [3.05, 3.63) is 37.9 Å². The van der Waals surface area contributed by atoms with E-state index in [-0.39, 0.29) is 36.9 Å². The molecule has 1 aromatic heterocycles. The maximum absolute atomic E-state index is 15.4. The summed E-state index contributed by atoms with van der Waals surface area (Å²) in [5.74, 6) is -2.56. The van der Waals surface area contributed by atoms with Crippen molar-refractivity contribution in [2.45, 2.75) is 50.4 Å². The normalized spacial score (nSPS) is 30.1. The molecule has 7 nitrogen and oxygen atoms in total. The fourth-order valence-corrected chi connectivity index (χ4v) is 5.09. The first-order valence-corrected chi connectivity index (χ1v) is 10.1. The van der Waals surface area contributed by atoms with E-state index in [2.05, 4.69) is 4.98 Å². The molecule has 166 valence electrons. The lowest BCUT2D eigenvalue weighted by Crippen LogP contribution is -2.46. The number of rotatable bonds is 4. The second-order valence-electron chi connectivity index (χ2n) is 8.64. The maximum Gasteiger partial charge on any atom is 0.389 e. The van der Waals surface area contributed by atoms with Gasteiger partial charge in [0.2, 0.25) is 0 Å². The van der Waals surface area contributed by atoms with Crippen LogP contribution in [-0.2, 0) is 0 Å². The number of fused-ring (bicyclic) bond motifs is 1. The third kappa shape index (κ3) is 3.47. The lowest BCUT2D eigenvalue weighted by molar-refractivity contribution is -0.146. The van der Waals surface area contributed by atoms with E-state index in [4.69, 9.17) is 11.5 Å². The van der Waals surface area contributed by atoms with Crippen LogP contribution in [0.25, 0.3) is 5.70 Å². The van der Waals surface area contributed by atoms with E-state index in [1.165, 1.54) is 4.57 Å². The third-order valence-corrected chi connectivity index (χ3v) is 6.58. The van der Waals surface area contributed by atoms with E-state index >= 15 is 4.39 Å². The molecule has 30 heavy (non-hydrogen) atoms. The number of likely N-dealkylation sites (tertiary alicyclic amines) is 1. The molecule has 2 heterocycles. The third-order valence-electron chi connectivity index (χ3n) is 6.58. The number of hydrogen-bond donors (Lipinski definition) is 3. The first kappa shape index (κ1) is 21.1. The summed E-state index contributed by atoms with van der Waals surface area (Å²) in [5, 5.41) is 0. The monoisotopic (exact) mass is 431 g/mol. The highest BCUT2D eigenvalue weighted by molar-refractivity contribution is 5.70. The van der Waals surface area contributed by atoms with Crippen LogP contribution in [0.15, 0.2) is 15.4 Å². The highest BCUT2D eigenvalue weighted by Crippen LogP contribution is 2.45. The molecule has 1 saturated heterocycles. The molecule has 1 aliphatic heterocycles. The van der Waals surface area contributed by atoms with E-state index in [9.17, 15) is 22.8 Å². The summed E-state index contributed by atoms with van der Waals surface area (Å²) in [5.41, 5.74) is 10.3. The second-order valence-corrected chi connectivity index (χ2v) is 8.64. The summed E-state index contributed by atoms with van der Waals surface area (Å²) in [7, 11) is 0. The van der Waals surface area contributed by atoms with Gasteiger partial charge in [-0.2, -0.15) is 13.2 Å². The van der Waals surface area contributed by atoms with Crippen molar-refractivity contribution < 1.29 is 17.6 Å². The Morgan fingerprint density at radius 1 is 1.17 bits per heavy atom. The second kappa shape index (κ2) is 7.23. The van der Waals surface area contributed by atoms with Gasteiger partial charge in [0.25, 0.3) is 5.56 Å². The number of aromatic amines is 1. The van der Waals surface area contributed by atoms with Crippen molar-refractivity contribution in [1.82, 2.24) is 14.5 Å². The fraction of sp³-hybridized carbons (Fsp3) is 0.684. The van der Waals surface area contributed by atoms with Crippen LogP contribution < -0.4 is 22.7 Å². The minimum atomic E-state index is -4.34. The molecule has 1 aromatic rings. The van der Waals surface area contributed by atoms with Crippen LogP contribution >= 0.6 is 0 Å². The molecule has 1 saturated carbocycles. The van der Waals surface area contributed by atoms with Gasteiger partial charge >= 0.3 is 11.9 Å². The average molecular weight is 431 g/mol. The Hall–Kier alpha value is -2.14. The van der Waals surface area contributed by atoms with E-state index in [1.807, 2.05) is 0 Å². The van der Waals surface area contributed by atoms with Crippen LogP contribution in [0, 0.1) is 11.8 Å². The van der Waals surface area contributed by atoms with Gasteiger partial charge in [-0.15, -0.1) is 0 Å². The first-order chi connectivity index (χ1) is 14.0. The van der Waals surface area contributed by atoms with Crippen LogP contribution in [0.3, 0.4) is 0 Å². The van der Waals surface area contributed by atoms with E-state index < -0.39 is 53.5 Å². The molecule has 0 radical (unpaired) electrons. The van der Waals surface area contributed by atoms with E-state index in [1.54, 1.807) is 11.8 Å². The van der Waals surface area contributed by atoms with Crippen molar-refractivity contribution in [1.29, 1.82) is 0 Å². The number of halogens is 4. The number of nitrogens with one attached hydrogen (secondary N) is 1. The summed E-state index contributed by atoms with van der Waals surface area (Å²) >= 11 is 0. The molecule has 2 fully saturated rings. The van der Waals surface area contributed by atoms with Gasteiger partial charge in [0.15, 0.2) is 0 Å². The molecule has 5 N–H and O–H groups in total. The van der Waals surface area contributed by atoms with Gasteiger partial charge in [-0.25, -0.2) is 9.18 Å². The predicted octanol–water partition coefficient (Wildman–Crippen LogP) is 1.41. The number of H-pyrrole nitrogens is 1. The SMILES string of the molecule is CC1c2c(c(=O)[nH]c(=O)n2C2CC2)C(N)=C(F)C1N1CC(CN)C(CC(F)(F)F)C1. The number of nitrogens with two attached hydrogens (primary N) is 2. The Kier molecular flexibility index (Phi) is 5.08. The molecule has 4 rings (SSSR count). The average Bonchev–Trinajstić information content (AvgIpc) is 3.39. The smallest absolute Gasteiger partial charge is 0.389 e. The van der Waals surface area contributed by atoms with Crippen molar-refractivity contribution in [3.8, 4) is 0 Å². The molecule has 2 aliphatic carbocycles. The van der Waals surface area contributed by atoms with Gasteiger partial charge in [0.1, 0.15) is 5.83 Å². The zero-order valence-electron chi connectivity index (χ0n) is 16.5. The van der Waals surface area contributed by atoms with Crippen LogP contribution in [0.5, 0.6) is 0 Å². The van der Waals surface area contributed by atoms with Crippen molar-refractivity contribution >= 4 is 5.70 Å². The van der Waals surface area contributed by atoms with Gasteiger partial charge in [0.05, 0.1) is 17.3 Å². The lowest BCUT2D eigenvalue weighted by atomic mass is 9.85. The van der Waals surface area contributed by atoms with Gasteiger partial charge in [-0.05, 0) is 31.2 Å². The van der Waals surface area contributed by atoms with Crippen LogP contribution in [0.1, 0.15) is 49.4 Å². The first-order valence-electron chi connectivity index (χ1n) is 10.1. The quantitative estimate of drug-likeness (QED) is 0.625. The summed E-state index contributed by atoms with van der Waals surface area (Å²) < 4.78 is 55.8. The van der Waals surface area contributed by atoms with Crippen LogP contribution in [-0.4, -0.2) is 46.3 Å². The Bertz CT molecular complexity index is 994. The highest BCUT2D eigenvalue weighted by Gasteiger charge is 2.47. The standard InChI is InChI=1S/C19H25F4N5O2/c1-8-15-12(17(29)26-18(30)28(15)11-2-3-11)14(25)13(20)16(8)27-6-9(4-19(21,22)23)10(5-24)7-27/h8-11,16H,2-7,24-25H2,1H3,(H,26,29,30). The molecule has 0 amide bonds. The van der Waals surface area contributed by atoms with Crippen LogP contribution in [0.2, 0.25) is 0 Å². The summed E-state index contributed by atoms with van der Waals surface area (Å²) in [4.78, 5) is 28.7. The fourth-order valence-electron chi connectivity index (χ4n) is 5.09. The molecule has 0 aromatic carbocycles. The Labute approximate surface area is 169 Å². The van der Waals surface area contributed by atoms with E-state index in [0.29, 0.717) is 5.69 Å². The Balaban J connectivity index is 1.75. The van der Waals surface area contributed by atoms with Gasteiger partial charge in [-0.1, -0.05) is 6.92 Å². The van der Waals surface area contributed by atoms with Crippen molar-refractivity contribution in [3.63, 3.8) is 0 Å². The number of alkyl halides is 3. The van der Waals surface area contributed by atoms with Crippen molar-refractivity contribution in [2.24, 2.45) is 23.3 Å². The van der Waals surface area contributed by atoms with E-state index in [0.717, 1.165) is 12.8 Å². The molecule has 11 heteroatoms. The Morgan fingerprint density at radius 3 is 2.37 bits per heavy atom. The molecule has 0 spiro atoms. The molecule has 0 bridgehead atoms. The number of hydrogen-bond acceptors (Lipinski definition) is 5. The summed E-state index contributed by atoms with van der Waals surface area (Å²) in [6.07, 6.45) is -3.81. The minimum absolute atomic E-state index is 0.0171. The highest BCUT2D eigenvalue weighted by atomic mass is 19.4. The largest absolute Gasteiger partial charge is 0.396 e. The number of aromatic nitrogens is 2. The zero-order chi connectivity index (χ0) is 22.0. The number of nitrogens with zero attached hydrogens (tertiary/aromatic N) is 2. The predicted molar refractivity (Wildman–Crippen MR) is 102 cm³/mol. The molecule has 4 atom stereocenters. The molecular formula is C19H25F4N5O2. The maximum atomic E-state index is 15.4. The molecular weight excluding hydrogens is 406 g/mol. The Morgan fingerprint density at radius 2 is 1.80 bits per heavy atom. The summed E-state index contributed by atoms with van der Waals surface area (Å²) in [6, 6.07) is -1.04. The van der Waals surface area contributed by atoms with Gasteiger partial charge in [-0.3, -0.25) is 19.2 Å².